The summed E-state index contributed by atoms with van der Waals surface area (Å²) in [6, 6.07) is 1.21. The minimum Gasteiger partial charge on any atom is -0.261 e. The fraction of sp³-hybridized carbons (Fsp3) is 0.545. The first kappa shape index (κ1) is 12.0. The Morgan fingerprint density at radius 2 is 2.00 bits per heavy atom. The maximum absolute atomic E-state index is 12.5. The molecule has 0 aliphatic rings. The van der Waals surface area contributed by atoms with Crippen molar-refractivity contribution in [3.05, 3.63) is 29.1 Å². The third-order valence-electron chi connectivity index (χ3n) is 2.27. The summed E-state index contributed by atoms with van der Waals surface area (Å²) >= 11 is 0. The van der Waals surface area contributed by atoms with Crippen LogP contribution in [0, 0.1) is 6.92 Å². The zero-order valence-corrected chi connectivity index (χ0v) is 8.86. The molecule has 4 heteroatoms. The van der Waals surface area contributed by atoms with Crippen molar-refractivity contribution in [3.8, 4) is 0 Å². The van der Waals surface area contributed by atoms with E-state index in [1.807, 2.05) is 6.92 Å². The van der Waals surface area contributed by atoms with Crippen LogP contribution < -0.4 is 0 Å². The van der Waals surface area contributed by atoms with Crippen LogP contribution in [0.4, 0.5) is 13.2 Å². The number of halogens is 3. The molecular weight excluding hydrogens is 203 g/mol. The number of nitrogens with zero attached hydrogens (tertiary/aromatic N) is 1. The molecule has 0 spiro atoms. The van der Waals surface area contributed by atoms with E-state index in [0.717, 1.165) is 12.8 Å². The Kier molecular flexibility index (Phi) is 3.72. The monoisotopic (exact) mass is 217 g/mol. The molecule has 15 heavy (non-hydrogen) atoms. The van der Waals surface area contributed by atoms with Gasteiger partial charge in [-0.2, -0.15) is 13.2 Å². The van der Waals surface area contributed by atoms with Crippen LogP contribution in [0.3, 0.4) is 0 Å². The van der Waals surface area contributed by atoms with Gasteiger partial charge in [0.1, 0.15) is 0 Å². The van der Waals surface area contributed by atoms with Crippen molar-refractivity contribution in [2.24, 2.45) is 0 Å². The summed E-state index contributed by atoms with van der Waals surface area (Å²) in [5.74, 6) is 0. The molecular formula is C11H14F3N. The van der Waals surface area contributed by atoms with Gasteiger partial charge in [-0.3, -0.25) is 4.98 Å². The van der Waals surface area contributed by atoms with Crippen molar-refractivity contribution in [1.82, 2.24) is 4.98 Å². The zero-order chi connectivity index (χ0) is 11.5. The average Bonchev–Trinajstić information content (AvgIpc) is 2.15. The fourth-order valence-electron chi connectivity index (χ4n) is 1.38. The highest BCUT2D eigenvalue weighted by Crippen LogP contribution is 2.31. The van der Waals surface area contributed by atoms with Crippen LogP contribution in [0.2, 0.25) is 0 Å². The van der Waals surface area contributed by atoms with Crippen LogP contribution in [-0.2, 0) is 12.6 Å². The van der Waals surface area contributed by atoms with Crippen molar-refractivity contribution in [2.45, 2.75) is 39.3 Å². The highest BCUT2D eigenvalue weighted by atomic mass is 19.4. The summed E-state index contributed by atoms with van der Waals surface area (Å²) < 4.78 is 37.5. The number of unbranched alkanes of at least 4 members (excludes halogenated alkanes) is 1. The van der Waals surface area contributed by atoms with Crippen LogP contribution in [0.5, 0.6) is 0 Å². The predicted molar refractivity (Wildman–Crippen MR) is 52.6 cm³/mol. The molecule has 0 N–H and O–H groups in total. The maximum atomic E-state index is 12.5. The van der Waals surface area contributed by atoms with Crippen molar-refractivity contribution >= 4 is 0 Å². The first-order valence-electron chi connectivity index (χ1n) is 4.98. The van der Waals surface area contributed by atoms with Crippen LogP contribution in [0.15, 0.2) is 12.3 Å². The van der Waals surface area contributed by atoms with E-state index < -0.39 is 11.7 Å². The first-order valence-corrected chi connectivity index (χ1v) is 4.98. The second kappa shape index (κ2) is 4.64. The largest absolute Gasteiger partial charge is 0.418 e. The molecule has 0 bridgehead atoms. The SMILES string of the molecule is CCCCc1cnc(C)c(C(F)(F)F)c1. The number of alkyl halides is 3. The summed E-state index contributed by atoms with van der Waals surface area (Å²) in [5.41, 5.74) is 0.0913. The molecule has 1 aromatic rings. The number of aryl methyl sites for hydroxylation is 2. The lowest BCUT2D eigenvalue weighted by Crippen LogP contribution is -2.09. The van der Waals surface area contributed by atoms with Gasteiger partial charge in [0.15, 0.2) is 0 Å². The van der Waals surface area contributed by atoms with Crippen LogP contribution in [-0.4, -0.2) is 4.98 Å². The Hall–Kier alpha value is -1.06. The van der Waals surface area contributed by atoms with Gasteiger partial charge in [-0.25, -0.2) is 0 Å². The molecule has 0 fully saturated rings. The minimum atomic E-state index is -4.29. The lowest BCUT2D eigenvalue weighted by Gasteiger charge is -2.10. The van der Waals surface area contributed by atoms with Gasteiger partial charge < -0.3 is 0 Å². The molecule has 0 atom stereocenters. The lowest BCUT2D eigenvalue weighted by molar-refractivity contribution is -0.138. The summed E-state index contributed by atoms with van der Waals surface area (Å²) in [6.07, 6.45) is -0.246. The van der Waals surface area contributed by atoms with Crippen molar-refractivity contribution < 1.29 is 13.2 Å². The van der Waals surface area contributed by atoms with E-state index in [2.05, 4.69) is 4.98 Å². The summed E-state index contributed by atoms with van der Waals surface area (Å²) in [5, 5.41) is 0. The Morgan fingerprint density at radius 3 is 2.53 bits per heavy atom. The van der Waals surface area contributed by atoms with Crippen molar-refractivity contribution in [2.75, 3.05) is 0 Å². The molecule has 0 aliphatic carbocycles. The molecule has 1 heterocycles. The molecule has 1 rings (SSSR count). The summed E-state index contributed by atoms with van der Waals surface area (Å²) in [6.45, 7) is 3.39. The highest BCUT2D eigenvalue weighted by Gasteiger charge is 2.33. The van der Waals surface area contributed by atoms with Gasteiger partial charge in [-0.1, -0.05) is 13.3 Å². The number of hydrogen-bond donors (Lipinski definition) is 0. The molecule has 0 aliphatic heterocycles. The van der Waals surface area contributed by atoms with Crippen LogP contribution in [0.1, 0.15) is 36.6 Å². The van der Waals surface area contributed by atoms with E-state index >= 15 is 0 Å². The van der Waals surface area contributed by atoms with Gasteiger partial charge in [0.2, 0.25) is 0 Å². The zero-order valence-electron chi connectivity index (χ0n) is 8.86. The topological polar surface area (TPSA) is 12.9 Å². The molecule has 0 radical (unpaired) electrons. The van der Waals surface area contributed by atoms with E-state index in [-0.39, 0.29) is 5.69 Å². The third-order valence-corrected chi connectivity index (χ3v) is 2.27. The number of pyridine rings is 1. The molecule has 1 aromatic heterocycles. The molecule has 0 amide bonds. The second-order valence-electron chi connectivity index (χ2n) is 3.58. The van der Waals surface area contributed by atoms with E-state index in [1.54, 1.807) is 0 Å². The molecule has 0 saturated heterocycles. The van der Waals surface area contributed by atoms with E-state index in [9.17, 15) is 13.2 Å². The molecule has 0 saturated carbocycles. The van der Waals surface area contributed by atoms with Crippen LogP contribution >= 0.6 is 0 Å². The Bertz CT molecular complexity index is 331. The second-order valence-corrected chi connectivity index (χ2v) is 3.58. The number of rotatable bonds is 3. The Morgan fingerprint density at radius 1 is 1.33 bits per heavy atom. The standard InChI is InChI=1S/C11H14F3N/c1-3-4-5-9-6-10(11(12,13)14)8(2)15-7-9/h6-7H,3-5H2,1-2H3. The van der Waals surface area contributed by atoms with Gasteiger partial charge >= 0.3 is 6.18 Å². The molecule has 84 valence electrons. The lowest BCUT2D eigenvalue weighted by atomic mass is 10.1. The average molecular weight is 217 g/mol. The van der Waals surface area contributed by atoms with Crippen molar-refractivity contribution in [3.63, 3.8) is 0 Å². The van der Waals surface area contributed by atoms with E-state index in [0.29, 0.717) is 12.0 Å². The summed E-state index contributed by atoms with van der Waals surface area (Å²) in [4.78, 5) is 3.78. The van der Waals surface area contributed by atoms with Gasteiger partial charge in [0.05, 0.1) is 5.56 Å². The fourth-order valence-corrected chi connectivity index (χ4v) is 1.38. The van der Waals surface area contributed by atoms with Gasteiger partial charge in [-0.05, 0) is 31.4 Å². The van der Waals surface area contributed by atoms with Crippen LogP contribution in [0.25, 0.3) is 0 Å². The smallest absolute Gasteiger partial charge is 0.261 e. The number of hydrogen-bond acceptors (Lipinski definition) is 1. The van der Waals surface area contributed by atoms with E-state index in [4.69, 9.17) is 0 Å². The Labute approximate surface area is 87.3 Å². The first-order chi connectivity index (χ1) is 6.95. The van der Waals surface area contributed by atoms with Gasteiger partial charge in [-0.15, -0.1) is 0 Å². The normalized spacial score (nSPS) is 11.8. The highest BCUT2D eigenvalue weighted by molar-refractivity contribution is 5.27. The maximum Gasteiger partial charge on any atom is 0.418 e. The molecule has 1 nitrogen and oxygen atoms in total. The van der Waals surface area contributed by atoms with Gasteiger partial charge in [0, 0.05) is 11.9 Å². The Balaban J connectivity index is 2.95. The van der Waals surface area contributed by atoms with Crippen molar-refractivity contribution in [1.29, 1.82) is 0 Å². The van der Waals surface area contributed by atoms with Gasteiger partial charge in [0.25, 0.3) is 0 Å². The minimum absolute atomic E-state index is 0.0442. The molecule has 0 aromatic carbocycles. The predicted octanol–water partition coefficient (Wildman–Crippen LogP) is 3.75. The number of aromatic nitrogens is 1. The van der Waals surface area contributed by atoms with E-state index in [1.165, 1.54) is 19.2 Å². The third kappa shape index (κ3) is 3.22. The quantitative estimate of drug-likeness (QED) is 0.751. The summed E-state index contributed by atoms with van der Waals surface area (Å²) in [7, 11) is 0. The molecule has 0 unspecified atom stereocenters.